The quantitative estimate of drug-likeness (QED) is 0.559. The molecule has 0 spiro atoms. The Morgan fingerprint density at radius 3 is 2.72 bits per heavy atom. The summed E-state index contributed by atoms with van der Waals surface area (Å²) in [7, 11) is 0. The Hall–Kier alpha value is -3.46. The van der Waals surface area contributed by atoms with Crippen molar-refractivity contribution in [2.24, 2.45) is 0 Å². The van der Waals surface area contributed by atoms with E-state index in [-0.39, 0.29) is 23.6 Å². The minimum atomic E-state index is -0.628. The molecule has 0 saturated carbocycles. The second-order valence-electron chi connectivity index (χ2n) is 5.61. The number of nitrogens with two attached hydrogens (primary N) is 1. The molecule has 4 rings (SSSR count). The molecule has 25 heavy (non-hydrogen) atoms. The van der Waals surface area contributed by atoms with E-state index in [2.05, 4.69) is 10.4 Å². The molecule has 9 heteroatoms. The summed E-state index contributed by atoms with van der Waals surface area (Å²) in [4.78, 5) is 36.0. The number of amides is 2. The number of anilines is 1. The first-order chi connectivity index (χ1) is 12.0. The first-order valence-electron chi connectivity index (χ1n) is 7.49. The number of nitrogens with zero attached hydrogens (tertiary/aromatic N) is 3. The third-order valence-electron chi connectivity index (χ3n) is 4.15. The number of nitrogen functional groups attached to an aromatic ring is 1. The number of imide groups is 1. The molecule has 126 valence electrons. The molecule has 1 aliphatic rings. The number of benzene rings is 1. The Kier molecular flexibility index (Phi) is 3.19. The zero-order valence-corrected chi connectivity index (χ0v) is 12.9. The number of aliphatic hydroxyl groups is 1. The normalized spacial score (nSPS) is 13.3. The van der Waals surface area contributed by atoms with Crippen molar-refractivity contribution in [2.45, 2.75) is 6.54 Å². The lowest BCUT2D eigenvalue weighted by molar-refractivity contribution is 0.0880. The summed E-state index contributed by atoms with van der Waals surface area (Å²) in [6.45, 7) is 0.310. The van der Waals surface area contributed by atoms with Gasteiger partial charge in [0, 0.05) is 11.5 Å². The zero-order chi connectivity index (χ0) is 17.7. The fraction of sp³-hybridized carbons (Fsp3) is 0.125. The number of pyridine rings is 1. The predicted molar refractivity (Wildman–Crippen MR) is 88.6 cm³/mol. The van der Waals surface area contributed by atoms with Crippen LogP contribution in [0.1, 0.15) is 20.7 Å². The van der Waals surface area contributed by atoms with Crippen LogP contribution in [0.15, 0.2) is 35.3 Å². The number of hydrogen-bond acceptors (Lipinski definition) is 6. The highest BCUT2D eigenvalue weighted by molar-refractivity contribution is 6.23. The highest BCUT2D eigenvalue weighted by Gasteiger charge is 2.31. The van der Waals surface area contributed by atoms with Crippen LogP contribution < -0.4 is 16.6 Å². The molecule has 3 heterocycles. The molecule has 0 atom stereocenters. The van der Waals surface area contributed by atoms with Gasteiger partial charge in [0.2, 0.25) is 0 Å². The number of carbonyl (C=O) groups is 2. The summed E-state index contributed by atoms with van der Waals surface area (Å²) in [5.41, 5.74) is 6.73. The minimum Gasteiger partial charge on any atom is -0.394 e. The molecule has 9 nitrogen and oxygen atoms in total. The molecule has 4 N–H and O–H groups in total. The molecule has 0 unspecified atom stereocenters. The van der Waals surface area contributed by atoms with E-state index < -0.39 is 17.4 Å². The van der Waals surface area contributed by atoms with Crippen molar-refractivity contribution in [3.63, 3.8) is 0 Å². The molecular formula is C16H13N5O4. The van der Waals surface area contributed by atoms with E-state index in [1.54, 1.807) is 29.1 Å². The second-order valence-corrected chi connectivity index (χ2v) is 5.61. The number of nitrogens with one attached hydrogen (secondary N) is 1. The van der Waals surface area contributed by atoms with E-state index in [9.17, 15) is 14.4 Å². The van der Waals surface area contributed by atoms with Gasteiger partial charge in [-0.05, 0) is 18.2 Å². The Balaban J connectivity index is 1.92. The third kappa shape index (κ3) is 2.13. The predicted octanol–water partition coefficient (Wildman–Crippen LogP) is -0.355. The maximum Gasteiger partial charge on any atom is 0.262 e. The Bertz CT molecular complexity index is 1110. The van der Waals surface area contributed by atoms with Crippen LogP contribution in [0.3, 0.4) is 0 Å². The van der Waals surface area contributed by atoms with Crippen molar-refractivity contribution < 1.29 is 14.7 Å². The molecule has 0 radical (unpaired) electrons. The van der Waals surface area contributed by atoms with Gasteiger partial charge >= 0.3 is 0 Å². The highest BCUT2D eigenvalue weighted by Crippen LogP contribution is 2.24. The molecule has 3 aromatic rings. The van der Waals surface area contributed by atoms with E-state index in [1.807, 2.05) is 0 Å². The summed E-state index contributed by atoms with van der Waals surface area (Å²) >= 11 is 0. The van der Waals surface area contributed by atoms with Gasteiger partial charge in [0.05, 0.1) is 41.7 Å². The van der Waals surface area contributed by atoms with Crippen molar-refractivity contribution >= 4 is 28.5 Å². The fourth-order valence-electron chi connectivity index (χ4n) is 3.03. The van der Waals surface area contributed by atoms with Crippen molar-refractivity contribution in [1.29, 1.82) is 0 Å². The van der Waals surface area contributed by atoms with Gasteiger partial charge in [-0.25, -0.2) is 0 Å². The lowest BCUT2D eigenvalue weighted by Gasteiger charge is -2.12. The molecule has 0 saturated heterocycles. The lowest BCUT2D eigenvalue weighted by Crippen LogP contribution is -2.24. The maximum absolute atomic E-state index is 12.4. The van der Waals surface area contributed by atoms with Gasteiger partial charge in [-0.2, -0.15) is 5.10 Å². The Morgan fingerprint density at radius 1 is 1.16 bits per heavy atom. The zero-order valence-electron chi connectivity index (χ0n) is 12.9. The van der Waals surface area contributed by atoms with Gasteiger partial charge in [0.25, 0.3) is 17.4 Å². The van der Waals surface area contributed by atoms with Crippen LogP contribution >= 0.6 is 0 Å². The largest absolute Gasteiger partial charge is 0.394 e. The van der Waals surface area contributed by atoms with E-state index in [0.29, 0.717) is 12.2 Å². The van der Waals surface area contributed by atoms with Gasteiger partial charge in [-0.15, -0.1) is 0 Å². The van der Waals surface area contributed by atoms with Crippen LogP contribution in [0, 0.1) is 0 Å². The number of aliphatic hydroxyl groups excluding tert-OH is 1. The van der Waals surface area contributed by atoms with E-state index in [4.69, 9.17) is 10.8 Å². The number of rotatable bonds is 3. The topological polar surface area (TPSA) is 132 Å². The molecule has 2 aromatic heterocycles. The molecule has 0 bridgehead atoms. The maximum atomic E-state index is 12.4. The van der Waals surface area contributed by atoms with Crippen LogP contribution in [-0.4, -0.2) is 37.9 Å². The van der Waals surface area contributed by atoms with Crippen LogP contribution in [0.5, 0.6) is 0 Å². The average molecular weight is 339 g/mol. The molecule has 2 amide bonds. The third-order valence-corrected chi connectivity index (χ3v) is 4.15. The lowest BCUT2D eigenvalue weighted by atomic mass is 10.1. The summed E-state index contributed by atoms with van der Waals surface area (Å²) in [6, 6.07) is 6.22. The van der Waals surface area contributed by atoms with Gasteiger partial charge in [-0.3, -0.25) is 28.9 Å². The Morgan fingerprint density at radius 2 is 1.96 bits per heavy atom. The van der Waals surface area contributed by atoms with Crippen molar-refractivity contribution in [3.05, 3.63) is 51.9 Å². The van der Waals surface area contributed by atoms with Crippen molar-refractivity contribution in [3.8, 4) is 5.69 Å². The number of aromatic nitrogens is 3. The van der Waals surface area contributed by atoms with Crippen LogP contribution in [0.4, 0.5) is 5.82 Å². The summed E-state index contributed by atoms with van der Waals surface area (Å²) in [5.74, 6) is -1.34. The summed E-state index contributed by atoms with van der Waals surface area (Å²) in [5, 5.41) is 16.1. The smallest absolute Gasteiger partial charge is 0.262 e. The number of hydrogen-bond donors (Lipinski definition) is 3. The SMILES string of the molecule is Nc1c2c(cc(=O)n1-c1ccc3c(cnn3CCO)c1)C(=O)NC2=O. The monoisotopic (exact) mass is 339 g/mol. The van der Waals surface area contributed by atoms with Gasteiger partial charge < -0.3 is 10.8 Å². The van der Waals surface area contributed by atoms with Gasteiger partial charge in [0.15, 0.2) is 0 Å². The second kappa shape index (κ2) is 5.28. The standard InChI is InChI=1S/C16H13N5O4/c17-14-13-10(15(24)19-16(13)25)6-12(23)21(14)9-1-2-11-8(5-9)7-18-20(11)3-4-22/h1-2,5-7,22H,3-4,17H2,(H,19,24,25). The molecular weight excluding hydrogens is 326 g/mol. The minimum absolute atomic E-state index is 0.000623. The van der Waals surface area contributed by atoms with Crippen molar-refractivity contribution in [1.82, 2.24) is 19.7 Å². The van der Waals surface area contributed by atoms with E-state index >= 15 is 0 Å². The van der Waals surface area contributed by atoms with Crippen LogP contribution in [0.25, 0.3) is 16.6 Å². The van der Waals surface area contributed by atoms with E-state index in [1.165, 1.54) is 4.57 Å². The van der Waals surface area contributed by atoms with Crippen LogP contribution in [0.2, 0.25) is 0 Å². The average Bonchev–Trinajstić information content (AvgIpc) is 3.09. The van der Waals surface area contributed by atoms with Gasteiger partial charge in [0.1, 0.15) is 5.82 Å². The van der Waals surface area contributed by atoms with Gasteiger partial charge in [-0.1, -0.05) is 0 Å². The fourth-order valence-corrected chi connectivity index (χ4v) is 3.03. The van der Waals surface area contributed by atoms with Crippen molar-refractivity contribution in [2.75, 3.05) is 12.3 Å². The first kappa shape index (κ1) is 15.1. The Labute approximate surface area is 140 Å². The molecule has 1 aliphatic heterocycles. The summed E-state index contributed by atoms with van der Waals surface area (Å²) < 4.78 is 2.82. The number of fused-ring (bicyclic) bond motifs is 2. The molecule has 1 aromatic carbocycles. The first-order valence-corrected chi connectivity index (χ1v) is 7.49. The number of carbonyl (C=O) groups excluding carboxylic acids is 2. The highest BCUT2D eigenvalue weighted by atomic mass is 16.3. The molecule has 0 aliphatic carbocycles. The van der Waals surface area contributed by atoms with E-state index in [0.717, 1.165) is 17.0 Å². The molecule has 0 fully saturated rings. The van der Waals surface area contributed by atoms with Crippen LogP contribution in [-0.2, 0) is 6.54 Å². The summed E-state index contributed by atoms with van der Waals surface area (Å²) in [6.07, 6.45) is 1.61.